The van der Waals surface area contributed by atoms with Crippen LogP contribution in [0.1, 0.15) is 67.7 Å². The summed E-state index contributed by atoms with van der Waals surface area (Å²) in [4.78, 5) is 48.8. The van der Waals surface area contributed by atoms with Gasteiger partial charge in [-0.15, -0.1) is 0 Å². The van der Waals surface area contributed by atoms with E-state index in [9.17, 15) is 24.3 Å². The molecular weight excluding hydrogens is 388 g/mol. The molecule has 0 spiro atoms. The summed E-state index contributed by atoms with van der Waals surface area (Å²) in [6.45, 7) is 12.9. The molecule has 30 heavy (non-hydrogen) atoms. The molecule has 0 radical (unpaired) electrons. The van der Waals surface area contributed by atoms with Gasteiger partial charge in [0.15, 0.2) is 0 Å². The molecule has 0 aliphatic heterocycles. The number of hydrogen-bond donors (Lipinski definition) is 5. The first-order valence-electron chi connectivity index (χ1n) is 10.6. The molecule has 0 bridgehead atoms. The number of amides is 3. The van der Waals surface area contributed by atoms with Crippen LogP contribution in [0.4, 0.5) is 0 Å². The fraction of sp³-hybridized carbons (Fsp3) is 0.810. The van der Waals surface area contributed by atoms with Crippen molar-refractivity contribution in [1.29, 1.82) is 0 Å². The highest BCUT2D eigenvalue weighted by Crippen LogP contribution is 2.09. The number of rotatable bonds is 13. The number of hydrogen-bond acceptors (Lipinski definition) is 5. The Balaban J connectivity index is 5.06. The first kappa shape index (κ1) is 27.8. The van der Waals surface area contributed by atoms with E-state index in [1.54, 1.807) is 0 Å². The van der Waals surface area contributed by atoms with Gasteiger partial charge in [-0.2, -0.15) is 0 Å². The minimum absolute atomic E-state index is 0.0805. The predicted molar refractivity (Wildman–Crippen MR) is 115 cm³/mol. The number of carbonyl (C=O) groups excluding carboxylic acids is 3. The lowest BCUT2D eigenvalue weighted by Crippen LogP contribution is -2.56. The molecule has 0 rings (SSSR count). The van der Waals surface area contributed by atoms with Gasteiger partial charge in [0.2, 0.25) is 17.7 Å². The van der Waals surface area contributed by atoms with Gasteiger partial charge in [-0.3, -0.25) is 14.4 Å². The van der Waals surface area contributed by atoms with Crippen LogP contribution < -0.4 is 21.7 Å². The fourth-order valence-electron chi connectivity index (χ4n) is 2.97. The smallest absolute Gasteiger partial charge is 0.326 e. The summed E-state index contributed by atoms with van der Waals surface area (Å²) in [6.07, 6.45) is 1.15. The van der Waals surface area contributed by atoms with Gasteiger partial charge in [0.1, 0.15) is 18.1 Å². The van der Waals surface area contributed by atoms with Gasteiger partial charge >= 0.3 is 5.97 Å². The van der Waals surface area contributed by atoms with Crippen LogP contribution in [0, 0.1) is 17.8 Å². The monoisotopic (exact) mass is 428 g/mol. The average Bonchev–Trinajstić information content (AvgIpc) is 2.58. The third-order valence-electron chi connectivity index (χ3n) is 4.48. The van der Waals surface area contributed by atoms with Crippen molar-refractivity contribution < 1.29 is 24.3 Å². The molecule has 4 atom stereocenters. The van der Waals surface area contributed by atoms with Gasteiger partial charge in [-0.25, -0.2) is 4.79 Å². The van der Waals surface area contributed by atoms with Crippen molar-refractivity contribution in [1.82, 2.24) is 16.0 Å². The van der Waals surface area contributed by atoms with Crippen molar-refractivity contribution in [2.45, 2.75) is 91.9 Å². The van der Waals surface area contributed by atoms with Crippen LogP contribution >= 0.6 is 0 Å². The second-order valence-corrected chi connectivity index (χ2v) is 9.19. The maximum atomic E-state index is 12.7. The Hall–Kier alpha value is -2.16. The standard InChI is InChI=1S/C21H40N4O5/c1-11(2)8-15(22)19(27)24-16(9-12(3)4)20(28)23-14(7)18(26)25-17(21(29)30)10-13(5)6/h11-17H,8-10,22H2,1-7H3,(H,23,28)(H,24,27)(H,25,26)(H,29,30). The lowest BCUT2D eigenvalue weighted by molar-refractivity contribution is -0.142. The molecule has 4 unspecified atom stereocenters. The van der Waals surface area contributed by atoms with E-state index in [1.807, 2.05) is 41.5 Å². The van der Waals surface area contributed by atoms with Crippen molar-refractivity contribution >= 4 is 23.7 Å². The predicted octanol–water partition coefficient (Wildman–Crippen LogP) is 1.01. The summed E-state index contributed by atoms with van der Waals surface area (Å²) < 4.78 is 0. The van der Waals surface area contributed by atoms with E-state index in [0.717, 1.165) is 0 Å². The van der Waals surface area contributed by atoms with Gasteiger partial charge < -0.3 is 26.8 Å². The first-order chi connectivity index (χ1) is 13.7. The molecule has 9 nitrogen and oxygen atoms in total. The van der Waals surface area contributed by atoms with Crippen LogP contribution in [0.15, 0.2) is 0 Å². The Kier molecular flexibility index (Phi) is 12.3. The molecular formula is C21H40N4O5. The molecule has 0 fully saturated rings. The summed E-state index contributed by atoms with van der Waals surface area (Å²) in [5, 5.41) is 17.0. The highest BCUT2D eigenvalue weighted by molar-refractivity contribution is 5.93. The van der Waals surface area contributed by atoms with E-state index in [1.165, 1.54) is 6.92 Å². The Morgan fingerprint density at radius 1 is 0.667 bits per heavy atom. The first-order valence-corrected chi connectivity index (χ1v) is 10.6. The Bertz CT molecular complexity index is 592. The van der Waals surface area contributed by atoms with Crippen molar-refractivity contribution in [3.05, 3.63) is 0 Å². The lowest BCUT2D eigenvalue weighted by Gasteiger charge is -2.25. The quantitative estimate of drug-likeness (QED) is 0.295. The molecule has 6 N–H and O–H groups in total. The summed E-state index contributed by atoms with van der Waals surface area (Å²) in [7, 11) is 0. The highest BCUT2D eigenvalue weighted by Gasteiger charge is 2.29. The molecule has 0 aliphatic carbocycles. The van der Waals surface area contributed by atoms with Crippen molar-refractivity contribution in [2.75, 3.05) is 0 Å². The summed E-state index contributed by atoms with van der Waals surface area (Å²) >= 11 is 0. The number of aliphatic carboxylic acids is 1. The maximum absolute atomic E-state index is 12.7. The van der Waals surface area contributed by atoms with Gasteiger partial charge in [0, 0.05) is 0 Å². The largest absolute Gasteiger partial charge is 0.480 e. The molecule has 0 aromatic carbocycles. The van der Waals surface area contributed by atoms with E-state index >= 15 is 0 Å². The van der Waals surface area contributed by atoms with Gasteiger partial charge in [0.25, 0.3) is 0 Å². The summed E-state index contributed by atoms with van der Waals surface area (Å²) in [6, 6.07) is -3.54. The number of carboxylic acid groups (broad SMARTS) is 1. The second kappa shape index (κ2) is 13.2. The van der Waals surface area contributed by atoms with E-state index in [-0.39, 0.29) is 24.2 Å². The number of nitrogens with two attached hydrogens (primary N) is 1. The highest BCUT2D eigenvalue weighted by atomic mass is 16.4. The van der Waals surface area contributed by atoms with Crippen molar-refractivity contribution in [3.63, 3.8) is 0 Å². The average molecular weight is 429 g/mol. The zero-order chi connectivity index (χ0) is 23.6. The van der Waals surface area contributed by atoms with Crippen LogP contribution in [-0.4, -0.2) is 53.0 Å². The number of nitrogens with one attached hydrogen (secondary N) is 3. The van der Waals surface area contributed by atoms with Gasteiger partial charge in [-0.05, 0) is 43.9 Å². The van der Waals surface area contributed by atoms with E-state index < -0.39 is 47.9 Å². The Labute approximate surface area is 179 Å². The summed E-state index contributed by atoms with van der Waals surface area (Å²) in [5.74, 6) is -2.20. The van der Waals surface area contributed by atoms with E-state index in [0.29, 0.717) is 12.8 Å². The van der Waals surface area contributed by atoms with Crippen LogP contribution in [0.25, 0.3) is 0 Å². The normalized spacial score (nSPS) is 15.4. The zero-order valence-electron chi connectivity index (χ0n) is 19.3. The molecule has 0 saturated heterocycles. The number of carbonyl (C=O) groups is 4. The van der Waals surface area contributed by atoms with Gasteiger partial charge in [-0.1, -0.05) is 41.5 Å². The van der Waals surface area contributed by atoms with Crippen molar-refractivity contribution in [3.8, 4) is 0 Å². The van der Waals surface area contributed by atoms with E-state index in [2.05, 4.69) is 16.0 Å². The SMILES string of the molecule is CC(C)CC(N)C(=O)NC(CC(C)C)C(=O)NC(C)C(=O)NC(CC(C)C)C(=O)O. The topological polar surface area (TPSA) is 151 Å². The van der Waals surface area contributed by atoms with E-state index in [4.69, 9.17) is 5.73 Å². The molecule has 9 heteroatoms. The fourth-order valence-corrected chi connectivity index (χ4v) is 2.97. The molecule has 3 amide bonds. The Morgan fingerprint density at radius 2 is 1.10 bits per heavy atom. The number of carboxylic acids is 1. The molecule has 0 aliphatic rings. The van der Waals surface area contributed by atoms with Crippen LogP contribution in [0.2, 0.25) is 0 Å². The molecule has 0 saturated carbocycles. The minimum Gasteiger partial charge on any atom is -0.480 e. The minimum atomic E-state index is -1.13. The zero-order valence-corrected chi connectivity index (χ0v) is 19.3. The molecule has 174 valence electrons. The second-order valence-electron chi connectivity index (χ2n) is 9.19. The maximum Gasteiger partial charge on any atom is 0.326 e. The molecule has 0 aromatic rings. The Morgan fingerprint density at radius 3 is 1.53 bits per heavy atom. The van der Waals surface area contributed by atoms with Crippen molar-refractivity contribution in [2.24, 2.45) is 23.5 Å². The molecule has 0 aromatic heterocycles. The lowest BCUT2D eigenvalue weighted by atomic mass is 10.0. The van der Waals surface area contributed by atoms with Crippen LogP contribution in [-0.2, 0) is 19.2 Å². The third kappa shape index (κ3) is 11.1. The van der Waals surface area contributed by atoms with Gasteiger partial charge in [0.05, 0.1) is 6.04 Å². The third-order valence-corrected chi connectivity index (χ3v) is 4.48. The molecule has 0 heterocycles. The van der Waals surface area contributed by atoms with Crippen LogP contribution in [0.3, 0.4) is 0 Å². The van der Waals surface area contributed by atoms with Crippen LogP contribution in [0.5, 0.6) is 0 Å². The summed E-state index contributed by atoms with van der Waals surface area (Å²) in [5.41, 5.74) is 5.91.